The minimum atomic E-state index is -0.247. The van der Waals surface area contributed by atoms with Gasteiger partial charge in [-0.25, -0.2) is 4.79 Å². The first kappa shape index (κ1) is 18.0. The number of benzene rings is 1. The van der Waals surface area contributed by atoms with Gasteiger partial charge in [-0.2, -0.15) is 0 Å². The molecule has 0 radical (unpaired) electrons. The fourth-order valence-corrected chi connectivity index (χ4v) is 3.16. The molecule has 126 valence electrons. The molecular formula is C18H25ClN2O2. The van der Waals surface area contributed by atoms with Crippen LogP contribution in [0.25, 0.3) is 11.0 Å². The normalized spacial score (nSPS) is 16.5. The second kappa shape index (κ2) is 7.47. The molecule has 3 rings (SSSR count). The Balaban J connectivity index is 0.00000192. The van der Waals surface area contributed by atoms with Crippen molar-refractivity contribution < 1.29 is 4.42 Å². The van der Waals surface area contributed by atoms with Gasteiger partial charge in [0, 0.05) is 44.2 Å². The first-order valence-corrected chi connectivity index (χ1v) is 8.06. The summed E-state index contributed by atoms with van der Waals surface area (Å²) in [5.41, 5.74) is 3.80. The van der Waals surface area contributed by atoms with Gasteiger partial charge in [0.05, 0.1) is 0 Å². The van der Waals surface area contributed by atoms with E-state index in [1.54, 1.807) is 6.07 Å². The van der Waals surface area contributed by atoms with Crippen LogP contribution in [-0.4, -0.2) is 42.5 Å². The van der Waals surface area contributed by atoms with Gasteiger partial charge in [-0.3, -0.25) is 4.90 Å². The van der Waals surface area contributed by atoms with E-state index in [2.05, 4.69) is 28.9 Å². The molecule has 0 unspecified atom stereocenters. The van der Waals surface area contributed by atoms with Crippen LogP contribution in [-0.2, 0) is 6.54 Å². The Bertz CT molecular complexity index is 734. The molecule has 1 aromatic carbocycles. The third kappa shape index (κ3) is 3.77. The highest BCUT2D eigenvalue weighted by Gasteiger charge is 2.17. The lowest BCUT2D eigenvalue weighted by Crippen LogP contribution is -2.45. The number of hydrogen-bond donors (Lipinski definition) is 0. The van der Waals surface area contributed by atoms with Crippen LogP contribution in [0.5, 0.6) is 0 Å². The van der Waals surface area contributed by atoms with Crippen molar-refractivity contribution >= 4 is 23.4 Å². The molecule has 5 heteroatoms. The first-order valence-electron chi connectivity index (χ1n) is 8.06. The van der Waals surface area contributed by atoms with E-state index in [0.29, 0.717) is 0 Å². The lowest BCUT2D eigenvalue weighted by Gasteiger charge is -2.34. The van der Waals surface area contributed by atoms with E-state index in [9.17, 15) is 4.79 Å². The van der Waals surface area contributed by atoms with Gasteiger partial charge in [0.15, 0.2) is 0 Å². The summed E-state index contributed by atoms with van der Waals surface area (Å²) in [6, 6.07) is 5.84. The molecule has 23 heavy (non-hydrogen) atoms. The molecule has 1 saturated heterocycles. The van der Waals surface area contributed by atoms with E-state index in [-0.39, 0.29) is 18.0 Å². The van der Waals surface area contributed by atoms with Crippen LogP contribution in [0.1, 0.15) is 23.6 Å². The highest BCUT2D eigenvalue weighted by molar-refractivity contribution is 5.85. The first-order chi connectivity index (χ1) is 10.6. The van der Waals surface area contributed by atoms with E-state index in [4.69, 9.17) is 4.42 Å². The fourth-order valence-electron chi connectivity index (χ4n) is 3.16. The summed E-state index contributed by atoms with van der Waals surface area (Å²) < 4.78 is 5.46. The Kier molecular flexibility index (Phi) is 5.84. The summed E-state index contributed by atoms with van der Waals surface area (Å²) in [4.78, 5) is 16.8. The van der Waals surface area contributed by atoms with Gasteiger partial charge in [-0.15, -0.1) is 12.4 Å². The number of rotatable bonds is 3. The summed E-state index contributed by atoms with van der Waals surface area (Å²) in [5, 5.41) is 1.07. The number of aryl methyl sites for hydroxylation is 2. The van der Waals surface area contributed by atoms with Crippen LogP contribution >= 0.6 is 12.4 Å². The molecule has 0 atom stereocenters. The zero-order chi connectivity index (χ0) is 15.7. The Morgan fingerprint density at radius 1 is 1.09 bits per heavy atom. The number of halogens is 1. The summed E-state index contributed by atoms with van der Waals surface area (Å²) in [6.07, 6.45) is 0. The van der Waals surface area contributed by atoms with Crippen LogP contribution in [0.4, 0.5) is 0 Å². The maximum Gasteiger partial charge on any atom is 0.336 e. The predicted molar refractivity (Wildman–Crippen MR) is 96.6 cm³/mol. The maximum absolute atomic E-state index is 11.9. The molecule has 1 aliphatic rings. The lowest BCUT2D eigenvalue weighted by molar-refractivity contribution is 0.132. The quantitative estimate of drug-likeness (QED) is 0.807. The minimum Gasteiger partial charge on any atom is -0.422 e. The van der Waals surface area contributed by atoms with Gasteiger partial charge in [0.1, 0.15) is 5.58 Å². The number of nitrogens with zero attached hydrogens (tertiary/aromatic N) is 2. The van der Waals surface area contributed by atoms with Crippen molar-refractivity contribution in [3.05, 3.63) is 45.3 Å². The molecule has 0 N–H and O–H groups in total. The Hall–Kier alpha value is -1.36. The number of piperazine rings is 1. The molecular weight excluding hydrogens is 312 g/mol. The SMILES string of the molecule is CCN1CCN(Cc2cc(=O)oc3c(C)c(C)ccc23)CC1.Cl. The van der Waals surface area contributed by atoms with Crippen molar-refractivity contribution in [3.63, 3.8) is 0 Å². The third-order valence-electron chi connectivity index (χ3n) is 4.82. The lowest BCUT2D eigenvalue weighted by atomic mass is 10.0. The zero-order valence-corrected chi connectivity index (χ0v) is 14.9. The molecule has 1 aliphatic heterocycles. The van der Waals surface area contributed by atoms with Crippen molar-refractivity contribution in [2.24, 2.45) is 0 Å². The Morgan fingerprint density at radius 2 is 1.74 bits per heavy atom. The second-order valence-electron chi connectivity index (χ2n) is 6.19. The van der Waals surface area contributed by atoms with Gasteiger partial charge < -0.3 is 9.32 Å². The van der Waals surface area contributed by atoms with E-state index >= 15 is 0 Å². The molecule has 4 nitrogen and oxygen atoms in total. The maximum atomic E-state index is 11.9. The van der Waals surface area contributed by atoms with Crippen LogP contribution in [0, 0.1) is 13.8 Å². The van der Waals surface area contributed by atoms with E-state index in [0.717, 1.165) is 66.9 Å². The minimum absolute atomic E-state index is 0. The highest BCUT2D eigenvalue weighted by Crippen LogP contribution is 2.24. The van der Waals surface area contributed by atoms with Crippen molar-refractivity contribution in [2.45, 2.75) is 27.3 Å². The third-order valence-corrected chi connectivity index (χ3v) is 4.82. The van der Waals surface area contributed by atoms with E-state index in [1.165, 1.54) is 0 Å². The number of hydrogen-bond acceptors (Lipinski definition) is 4. The van der Waals surface area contributed by atoms with Gasteiger partial charge in [-0.1, -0.05) is 19.1 Å². The van der Waals surface area contributed by atoms with Crippen LogP contribution in [0.15, 0.2) is 27.4 Å². The molecule has 1 fully saturated rings. The van der Waals surface area contributed by atoms with Crippen LogP contribution in [0.2, 0.25) is 0 Å². The standard InChI is InChI=1S/C18H24N2O2.ClH/c1-4-19-7-9-20(10-8-19)12-15-11-17(21)22-18-14(3)13(2)5-6-16(15)18;/h5-6,11H,4,7-10,12H2,1-3H3;1H. The van der Waals surface area contributed by atoms with Crippen LogP contribution < -0.4 is 5.63 Å². The average Bonchev–Trinajstić information content (AvgIpc) is 2.52. The molecule has 2 heterocycles. The van der Waals surface area contributed by atoms with Crippen molar-refractivity contribution in [3.8, 4) is 0 Å². The van der Waals surface area contributed by atoms with E-state index < -0.39 is 0 Å². The van der Waals surface area contributed by atoms with Crippen molar-refractivity contribution in [1.82, 2.24) is 9.80 Å². The molecule has 0 amide bonds. The van der Waals surface area contributed by atoms with Crippen LogP contribution in [0.3, 0.4) is 0 Å². The smallest absolute Gasteiger partial charge is 0.336 e. The molecule has 0 saturated carbocycles. The monoisotopic (exact) mass is 336 g/mol. The zero-order valence-electron chi connectivity index (χ0n) is 14.1. The van der Waals surface area contributed by atoms with Gasteiger partial charge >= 0.3 is 5.63 Å². The van der Waals surface area contributed by atoms with Crippen molar-refractivity contribution in [2.75, 3.05) is 32.7 Å². The topological polar surface area (TPSA) is 36.7 Å². The summed E-state index contributed by atoms with van der Waals surface area (Å²) in [7, 11) is 0. The van der Waals surface area contributed by atoms with Gasteiger partial charge in [0.25, 0.3) is 0 Å². The summed E-state index contributed by atoms with van der Waals surface area (Å²) >= 11 is 0. The Labute approximate surface area is 143 Å². The largest absolute Gasteiger partial charge is 0.422 e. The fraction of sp³-hybridized carbons (Fsp3) is 0.500. The van der Waals surface area contributed by atoms with E-state index in [1.807, 2.05) is 13.8 Å². The molecule has 0 bridgehead atoms. The summed E-state index contributed by atoms with van der Waals surface area (Å²) in [5.74, 6) is 0. The van der Waals surface area contributed by atoms with Crippen molar-refractivity contribution in [1.29, 1.82) is 0 Å². The predicted octanol–water partition coefficient (Wildman–Crippen LogP) is 2.97. The molecule has 2 aromatic rings. The Morgan fingerprint density at radius 3 is 2.39 bits per heavy atom. The molecule has 0 spiro atoms. The van der Waals surface area contributed by atoms with Gasteiger partial charge in [0.2, 0.25) is 0 Å². The number of likely N-dealkylation sites (N-methyl/N-ethyl adjacent to an activating group) is 1. The number of fused-ring (bicyclic) bond motifs is 1. The average molecular weight is 337 g/mol. The highest BCUT2D eigenvalue weighted by atomic mass is 35.5. The summed E-state index contributed by atoms with van der Waals surface area (Å²) in [6.45, 7) is 12.5. The second-order valence-corrected chi connectivity index (χ2v) is 6.19. The van der Waals surface area contributed by atoms with Gasteiger partial charge in [-0.05, 0) is 37.1 Å². The molecule has 1 aromatic heterocycles. The molecule has 0 aliphatic carbocycles.